The van der Waals surface area contributed by atoms with Crippen LogP contribution in [0.3, 0.4) is 0 Å². The monoisotopic (exact) mass is 539 g/mol. The molecule has 0 bridgehead atoms. The van der Waals surface area contributed by atoms with E-state index in [1.54, 1.807) is 4.90 Å². The van der Waals surface area contributed by atoms with E-state index in [9.17, 15) is 4.79 Å². The number of ether oxygens (including phenoxy) is 2. The maximum absolute atomic E-state index is 12.6. The van der Waals surface area contributed by atoms with Crippen molar-refractivity contribution in [2.75, 3.05) is 19.7 Å². The molecule has 6 nitrogen and oxygen atoms in total. The largest absolute Gasteiger partial charge is 0.444 e. The highest BCUT2D eigenvalue weighted by atomic mass is 79.9. The number of halogens is 3. The first-order valence-corrected chi connectivity index (χ1v) is 11.9. The number of carbonyl (C=O) groups is 1. The van der Waals surface area contributed by atoms with Gasteiger partial charge >= 0.3 is 6.09 Å². The summed E-state index contributed by atoms with van der Waals surface area (Å²) in [5, 5.41) is 1.20. The average molecular weight is 541 g/mol. The van der Waals surface area contributed by atoms with Crippen LogP contribution in [0.25, 0.3) is 16.9 Å². The number of hydrogen-bond acceptors (Lipinski definition) is 4. The SMILES string of the molecule is CC(C)(C)OC(=O)N1CCOC(Cc2c(-c3ccc(Br)cc3Cl)nc3cc(Cl)ccn23)C1. The predicted molar refractivity (Wildman–Crippen MR) is 130 cm³/mol. The van der Waals surface area contributed by atoms with Gasteiger partial charge in [0.1, 0.15) is 11.2 Å². The number of aromatic nitrogens is 2. The molecule has 32 heavy (non-hydrogen) atoms. The van der Waals surface area contributed by atoms with E-state index in [0.29, 0.717) is 36.2 Å². The van der Waals surface area contributed by atoms with Crippen molar-refractivity contribution in [1.29, 1.82) is 0 Å². The van der Waals surface area contributed by atoms with E-state index in [4.69, 9.17) is 37.7 Å². The van der Waals surface area contributed by atoms with Crippen LogP contribution in [0.5, 0.6) is 0 Å². The number of benzene rings is 1. The average Bonchev–Trinajstić information content (AvgIpc) is 3.04. The van der Waals surface area contributed by atoms with Crippen molar-refractivity contribution in [3.63, 3.8) is 0 Å². The molecule has 0 N–H and O–H groups in total. The van der Waals surface area contributed by atoms with Crippen molar-refractivity contribution in [3.05, 3.63) is 56.7 Å². The Morgan fingerprint density at radius 2 is 2.06 bits per heavy atom. The van der Waals surface area contributed by atoms with Crippen molar-refractivity contribution >= 4 is 50.9 Å². The van der Waals surface area contributed by atoms with Crippen LogP contribution in [0, 0.1) is 0 Å². The molecule has 0 radical (unpaired) electrons. The molecule has 9 heteroatoms. The van der Waals surface area contributed by atoms with Gasteiger partial charge in [-0.3, -0.25) is 0 Å². The predicted octanol–water partition coefficient (Wildman–Crippen LogP) is 6.25. The van der Waals surface area contributed by atoms with Gasteiger partial charge in [0.15, 0.2) is 0 Å². The van der Waals surface area contributed by atoms with Gasteiger partial charge in [0, 0.05) is 40.3 Å². The second kappa shape index (κ2) is 9.21. The number of fused-ring (bicyclic) bond motifs is 1. The van der Waals surface area contributed by atoms with Gasteiger partial charge in [0.25, 0.3) is 0 Å². The Balaban J connectivity index is 1.67. The first kappa shape index (κ1) is 23.4. The van der Waals surface area contributed by atoms with E-state index >= 15 is 0 Å². The number of pyridine rings is 1. The topological polar surface area (TPSA) is 56.1 Å². The Kier molecular flexibility index (Phi) is 6.73. The summed E-state index contributed by atoms with van der Waals surface area (Å²) in [4.78, 5) is 19.1. The summed E-state index contributed by atoms with van der Waals surface area (Å²) in [7, 11) is 0. The van der Waals surface area contributed by atoms with E-state index in [0.717, 1.165) is 27.1 Å². The smallest absolute Gasteiger partial charge is 0.410 e. The highest BCUT2D eigenvalue weighted by Gasteiger charge is 2.30. The number of nitrogens with zero attached hydrogens (tertiary/aromatic N) is 3. The van der Waals surface area contributed by atoms with Crippen LogP contribution in [0.15, 0.2) is 41.0 Å². The number of rotatable bonds is 3. The van der Waals surface area contributed by atoms with Crippen molar-refractivity contribution < 1.29 is 14.3 Å². The molecule has 3 heterocycles. The fourth-order valence-electron chi connectivity index (χ4n) is 3.71. The molecule has 0 saturated carbocycles. The molecule has 1 saturated heterocycles. The number of morpholine rings is 1. The summed E-state index contributed by atoms with van der Waals surface area (Å²) in [6.07, 6.45) is 1.90. The first-order chi connectivity index (χ1) is 15.1. The molecule has 1 aliphatic heterocycles. The van der Waals surface area contributed by atoms with Gasteiger partial charge in [0.05, 0.1) is 35.7 Å². The van der Waals surface area contributed by atoms with E-state index in [2.05, 4.69) is 15.9 Å². The van der Waals surface area contributed by atoms with Crippen LogP contribution in [0.2, 0.25) is 10.0 Å². The molecule has 1 atom stereocenters. The zero-order valence-electron chi connectivity index (χ0n) is 18.1. The van der Waals surface area contributed by atoms with Gasteiger partial charge in [-0.25, -0.2) is 9.78 Å². The first-order valence-electron chi connectivity index (χ1n) is 10.3. The van der Waals surface area contributed by atoms with Gasteiger partial charge in [-0.1, -0.05) is 45.2 Å². The minimum absolute atomic E-state index is 0.208. The summed E-state index contributed by atoms with van der Waals surface area (Å²) in [5.74, 6) is 0. The summed E-state index contributed by atoms with van der Waals surface area (Å²) < 4.78 is 14.4. The minimum Gasteiger partial charge on any atom is -0.444 e. The second-order valence-corrected chi connectivity index (χ2v) is 10.5. The normalized spacial score (nSPS) is 17.1. The molecule has 1 aromatic carbocycles. The third-order valence-electron chi connectivity index (χ3n) is 5.08. The fraction of sp³-hybridized carbons (Fsp3) is 0.391. The van der Waals surface area contributed by atoms with Gasteiger partial charge in [0.2, 0.25) is 0 Å². The zero-order chi connectivity index (χ0) is 23.0. The summed E-state index contributed by atoms with van der Waals surface area (Å²) in [5.41, 5.74) is 2.71. The lowest BCUT2D eigenvalue weighted by Gasteiger charge is -2.34. The minimum atomic E-state index is -0.544. The van der Waals surface area contributed by atoms with E-state index in [-0.39, 0.29) is 12.2 Å². The summed E-state index contributed by atoms with van der Waals surface area (Å²) in [6.45, 7) is 6.96. The number of hydrogen-bond donors (Lipinski definition) is 0. The second-order valence-electron chi connectivity index (χ2n) is 8.73. The highest BCUT2D eigenvalue weighted by molar-refractivity contribution is 9.10. The molecular weight excluding hydrogens is 517 g/mol. The third kappa shape index (κ3) is 5.22. The standard InChI is InChI=1S/C23H24BrCl2N3O3/c1-23(2,3)32-22(30)28-8-9-31-16(13-28)12-19-21(17-5-4-14(24)10-18(17)26)27-20-11-15(25)6-7-29(19)20/h4-7,10-11,16H,8-9,12-13H2,1-3H3. The number of imidazole rings is 1. The summed E-state index contributed by atoms with van der Waals surface area (Å²) >= 11 is 16.2. The number of amides is 1. The third-order valence-corrected chi connectivity index (χ3v) is 6.13. The lowest BCUT2D eigenvalue weighted by atomic mass is 10.1. The van der Waals surface area contributed by atoms with Crippen LogP contribution < -0.4 is 0 Å². The molecule has 1 fully saturated rings. The molecule has 0 spiro atoms. The van der Waals surface area contributed by atoms with Crippen molar-refractivity contribution in [1.82, 2.24) is 14.3 Å². The zero-order valence-corrected chi connectivity index (χ0v) is 21.2. The van der Waals surface area contributed by atoms with E-state index in [1.807, 2.05) is 61.7 Å². The molecule has 1 aliphatic rings. The molecule has 2 aromatic heterocycles. The van der Waals surface area contributed by atoms with Crippen LogP contribution >= 0.6 is 39.1 Å². The Labute approximate surface area is 205 Å². The molecule has 0 aliphatic carbocycles. The Morgan fingerprint density at radius 3 is 2.78 bits per heavy atom. The van der Waals surface area contributed by atoms with Crippen LogP contribution in [0.4, 0.5) is 4.79 Å². The van der Waals surface area contributed by atoms with Gasteiger partial charge in [-0.2, -0.15) is 0 Å². The van der Waals surface area contributed by atoms with Gasteiger partial charge < -0.3 is 18.8 Å². The Morgan fingerprint density at radius 1 is 1.28 bits per heavy atom. The summed E-state index contributed by atoms with van der Waals surface area (Å²) in [6, 6.07) is 9.36. The van der Waals surface area contributed by atoms with E-state index in [1.165, 1.54) is 0 Å². The fourth-order valence-corrected chi connectivity index (χ4v) is 4.63. The van der Waals surface area contributed by atoms with Crippen molar-refractivity contribution in [2.24, 2.45) is 0 Å². The highest BCUT2D eigenvalue weighted by Crippen LogP contribution is 2.34. The molecular formula is C23H24BrCl2N3O3. The maximum atomic E-state index is 12.6. The molecule has 3 aromatic rings. The Hall–Kier alpha value is -1.80. The van der Waals surface area contributed by atoms with Crippen molar-refractivity contribution in [2.45, 2.75) is 38.9 Å². The Bertz CT molecular complexity index is 1160. The molecule has 1 amide bonds. The molecule has 1 unspecified atom stereocenters. The number of carbonyl (C=O) groups excluding carboxylic acids is 1. The van der Waals surface area contributed by atoms with Crippen LogP contribution in [-0.4, -0.2) is 51.8 Å². The molecule has 170 valence electrons. The lowest BCUT2D eigenvalue weighted by Crippen LogP contribution is -2.48. The quantitative estimate of drug-likeness (QED) is 0.394. The van der Waals surface area contributed by atoms with Crippen LogP contribution in [-0.2, 0) is 15.9 Å². The molecule has 4 rings (SSSR count). The van der Waals surface area contributed by atoms with Gasteiger partial charge in [-0.05, 0) is 39.0 Å². The van der Waals surface area contributed by atoms with Gasteiger partial charge in [-0.15, -0.1) is 0 Å². The van der Waals surface area contributed by atoms with E-state index < -0.39 is 5.60 Å². The maximum Gasteiger partial charge on any atom is 0.410 e. The van der Waals surface area contributed by atoms with Crippen LogP contribution in [0.1, 0.15) is 26.5 Å². The lowest BCUT2D eigenvalue weighted by molar-refractivity contribution is -0.0418. The van der Waals surface area contributed by atoms with Crippen molar-refractivity contribution in [3.8, 4) is 11.3 Å².